The van der Waals surface area contributed by atoms with Crippen molar-refractivity contribution in [2.75, 3.05) is 23.9 Å². The van der Waals surface area contributed by atoms with Crippen LogP contribution in [-0.4, -0.2) is 46.0 Å². The van der Waals surface area contributed by atoms with E-state index in [2.05, 4.69) is 25.7 Å². The molecule has 4 rings (SSSR count). The summed E-state index contributed by atoms with van der Waals surface area (Å²) in [5.74, 6) is 1.40. The minimum absolute atomic E-state index is 0.0139. The lowest BCUT2D eigenvalue weighted by molar-refractivity contribution is 0.102. The first-order valence-electron chi connectivity index (χ1n) is 8.94. The Morgan fingerprint density at radius 2 is 2.04 bits per heavy atom. The molecule has 1 aliphatic rings. The highest BCUT2D eigenvalue weighted by Crippen LogP contribution is 2.35. The number of benzene rings is 1. The number of carbonyl (C=O) groups excluding carboxylic acids is 1. The fourth-order valence-corrected chi connectivity index (χ4v) is 3.22. The number of aromatic nitrogens is 4. The Balaban J connectivity index is 1.52. The number of rotatable bonds is 5. The van der Waals surface area contributed by atoms with Crippen molar-refractivity contribution in [1.82, 2.24) is 20.3 Å². The number of ether oxygens (including phenoxy) is 1. The van der Waals surface area contributed by atoms with E-state index >= 15 is 0 Å². The Kier molecular flexibility index (Phi) is 4.98. The van der Waals surface area contributed by atoms with Crippen LogP contribution in [0.25, 0.3) is 0 Å². The van der Waals surface area contributed by atoms with E-state index in [0.29, 0.717) is 36.2 Å². The second-order valence-corrected chi connectivity index (χ2v) is 6.54. The van der Waals surface area contributed by atoms with Crippen LogP contribution in [-0.2, 0) is 4.74 Å². The Labute approximate surface area is 161 Å². The standard InChI is InChI=1S/C19H20N6O3/c1-12-20-19(28-24-12)16-10-14(27-2)11-25(16)17-9-8-15(22-23-17)18(26)21-13-6-4-3-5-7-13/h3-9,14,16H,10-11H2,1-2H3,(H,21,26). The molecule has 0 spiro atoms. The van der Waals surface area contributed by atoms with Gasteiger partial charge in [0.1, 0.15) is 6.04 Å². The molecule has 2 atom stereocenters. The third-order valence-electron chi connectivity index (χ3n) is 4.63. The Morgan fingerprint density at radius 3 is 2.68 bits per heavy atom. The van der Waals surface area contributed by atoms with Gasteiger partial charge in [0, 0.05) is 25.8 Å². The van der Waals surface area contributed by atoms with Gasteiger partial charge in [-0.3, -0.25) is 4.79 Å². The number of hydrogen-bond donors (Lipinski definition) is 1. The monoisotopic (exact) mass is 380 g/mol. The van der Waals surface area contributed by atoms with Crippen LogP contribution >= 0.6 is 0 Å². The molecule has 2 aromatic heterocycles. The van der Waals surface area contributed by atoms with Gasteiger partial charge in [-0.1, -0.05) is 23.4 Å². The molecule has 2 unspecified atom stereocenters. The number of aryl methyl sites for hydroxylation is 1. The van der Waals surface area contributed by atoms with Gasteiger partial charge in [0.25, 0.3) is 5.91 Å². The summed E-state index contributed by atoms with van der Waals surface area (Å²) >= 11 is 0. The van der Waals surface area contributed by atoms with Crippen molar-refractivity contribution in [1.29, 1.82) is 0 Å². The molecule has 1 aliphatic heterocycles. The number of anilines is 2. The number of para-hydroxylation sites is 1. The van der Waals surface area contributed by atoms with Crippen LogP contribution in [0.4, 0.5) is 11.5 Å². The Morgan fingerprint density at radius 1 is 1.21 bits per heavy atom. The molecule has 0 bridgehead atoms. The first-order chi connectivity index (χ1) is 13.6. The van der Waals surface area contributed by atoms with Crippen molar-refractivity contribution in [3.8, 4) is 0 Å². The lowest BCUT2D eigenvalue weighted by atomic mass is 10.2. The van der Waals surface area contributed by atoms with Gasteiger partial charge in [0.05, 0.1) is 6.10 Å². The minimum Gasteiger partial charge on any atom is -0.380 e. The van der Waals surface area contributed by atoms with Crippen LogP contribution in [0.5, 0.6) is 0 Å². The molecular formula is C19H20N6O3. The summed E-state index contributed by atoms with van der Waals surface area (Å²) in [4.78, 5) is 18.7. The molecule has 1 N–H and O–H groups in total. The van der Waals surface area contributed by atoms with Crippen molar-refractivity contribution in [3.05, 3.63) is 59.9 Å². The van der Waals surface area contributed by atoms with Crippen molar-refractivity contribution in [3.63, 3.8) is 0 Å². The van der Waals surface area contributed by atoms with E-state index in [-0.39, 0.29) is 23.7 Å². The number of methoxy groups -OCH3 is 1. The van der Waals surface area contributed by atoms with Crippen molar-refractivity contribution < 1.29 is 14.1 Å². The van der Waals surface area contributed by atoms with Gasteiger partial charge < -0.3 is 19.5 Å². The molecule has 144 valence electrons. The lowest BCUT2D eigenvalue weighted by Gasteiger charge is -2.22. The highest BCUT2D eigenvalue weighted by molar-refractivity contribution is 6.02. The largest absolute Gasteiger partial charge is 0.380 e. The van der Waals surface area contributed by atoms with E-state index in [0.717, 1.165) is 0 Å². The number of amides is 1. The van der Waals surface area contributed by atoms with Gasteiger partial charge in [-0.05, 0) is 31.2 Å². The first-order valence-corrected chi connectivity index (χ1v) is 8.94. The summed E-state index contributed by atoms with van der Waals surface area (Å²) in [6.45, 7) is 2.40. The van der Waals surface area contributed by atoms with Crippen LogP contribution < -0.4 is 10.2 Å². The molecule has 3 aromatic rings. The van der Waals surface area contributed by atoms with E-state index in [1.807, 2.05) is 35.2 Å². The van der Waals surface area contributed by atoms with Crippen LogP contribution in [0.1, 0.15) is 34.7 Å². The third-order valence-corrected chi connectivity index (χ3v) is 4.63. The van der Waals surface area contributed by atoms with E-state index in [9.17, 15) is 4.79 Å². The normalized spacial score (nSPS) is 19.0. The van der Waals surface area contributed by atoms with Gasteiger partial charge in [0.15, 0.2) is 17.3 Å². The zero-order valence-electron chi connectivity index (χ0n) is 15.6. The average molecular weight is 380 g/mol. The molecule has 3 heterocycles. The molecule has 9 heteroatoms. The first kappa shape index (κ1) is 18.1. The molecule has 0 saturated carbocycles. The molecule has 9 nitrogen and oxygen atoms in total. The van der Waals surface area contributed by atoms with E-state index in [4.69, 9.17) is 9.26 Å². The quantitative estimate of drug-likeness (QED) is 0.719. The SMILES string of the molecule is COC1CC(c2nc(C)no2)N(c2ccc(C(=O)Nc3ccccc3)nn2)C1. The van der Waals surface area contributed by atoms with Gasteiger partial charge >= 0.3 is 0 Å². The van der Waals surface area contributed by atoms with Crippen molar-refractivity contribution in [2.24, 2.45) is 0 Å². The summed E-state index contributed by atoms with van der Waals surface area (Å²) in [5, 5.41) is 15.0. The molecule has 0 aliphatic carbocycles. The maximum absolute atomic E-state index is 12.4. The zero-order chi connectivity index (χ0) is 19.5. The summed E-state index contributed by atoms with van der Waals surface area (Å²) in [6, 6.07) is 12.5. The molecule has 1 saturated heterocycles. The molecular weight excluding hydrogens is 360 g/mol. The van der Waals surface area contributed by atoms with E-state index < -0.39 is 0 Å². The topological polar surface area (TPSA) is 106 Å². The molecule has 28 heavy (non-hydrogen) atoms. The molecule has 1 fully saturated rings. The number of nitrogens with zero attached hydrogens (tertiary/aromatic N) is 5. The molecule has 0 radical (unpaired) electrons. The summed E-state index contributed by atoms with van der Waals surface area (Å²) in [6.07, 6.45) is 0.718. The predicted octanol–water partition coefficient (Wildman–Crippen LogP) is 2.39. The summed E-state index contributed by atoms with van der Waals surface area (Å²) in [7, 11) is 1.67. The van der Waals surface area contributed by atoms with Gasteiger partial charge in [-0.25, -0.2) is 0 Å². The van der Waals surface area contributed by atoms with Gasteiger partial charge in [0.2, 0.25) is 5.89 Å². The third kappa shape index (κ3) is 3.70. The van der Waals surface area contributed by atoms with Gasteiger partial charge in [-0.2, -0.15) is 4.98 Å². The maximum atomic E-state index is 12.4. The maximum Gasteiger partial charge on any atom is 0.276 e. The number of hydrogen-bond acceptors (Lipinski definition) is 8. The second kappa shape index (κ2) is 7.73. The minimum atomic E-state index is -0.314. The second-order valence-electron chi connectivity index (χ2n) is 6.54. The van der Waals surface area contributed by atoms with Crippen LogP contribution in [0.3, 0.4) is 0 Å². The summed E-state index contributed by atoms with van der Waals surface area (Å²) in [5.41, 5.74) is 0.938. The van der Waals surface area contributed by atoms with Crippen LogP contribution in [0.15, 0.2) is 47.0 Å². The highest BCUT2D eigenvalue weighted by Gasteiger charge is 2.37. The smallest absolute Gasteiger partial charge is 0.276 e. The van der Waals surface area contributed by atoms with Crippen molar-refractivity contribution >= 4 is 17.4 Å². The van der Waals surface area contributed by atoms with Crippen LogP contribution in [0.2, 0.25) is 0 Å². The van der Waals surface area contributed by atoms with E-state index in [1.165, 1.54) is 0 Å². The Hall–Kier alpha value is -3.33. The molecule has 1 aromatic carbocycles. The fourth-order valence-electron chi connectivity index (χ4n) is 3.22. The van der Waals surface area contributed by atoms with Gasteiger partial charge in [-0.15, -0.1) is 10.2 Å². The Bertz CT molecular complexity index is 944. The van der Waals surface area contributed by atoms with Crippen LogP contribution in [0, 0.1) is 6.92 Å². The average Bonchev–Trinajstić information content (AvgIpc) is 3.35. The van der Waals surface area contributed by atoms with Crippen molar-refractivity contribution in [2.45, 2.75) is 25.5 Å². The lowest BCUT2D eigenvalue weighted by Crippen LogP contribution is -2.26. The zero-order valence-corrected chi connectivity index (χ0v) is 15.6. The number of carbonyl (C=O) groups is 1. The fraction of sp³-hybridized carbons (Fsp3) is 0.316. The number of nitrogens with one attached hydrogen (secondary N) is 1. The molecule has 1 amide bonds. The highest BCUT2D eigenvalue weighted by atomic mass is 16.5. The van der Waals surface area contributed by atoms with E-state index in [1.54, 1.807) is 26.2 Å². The summed E-state index contributed by atoms with van der Waals surface area (Å²) < 4.78 is 10.9. The predicted molar refractivity (Wildman–Crippen MR) is 101 cm³/mol.